The Labute approximate surface area is 291 Å². The first kappa shape index (κ1) is 36.0. The Bertz CT molecular complexity index is 1820. The van der Waals surface area contributed by atoms with Gasteiger partial charge in [-0.25, -0.2) is 9.18 Å². The summed E-state index contributed by atoms with van der Waals surface area (Å²) < 4.78 is 20.2. The molecule has 4 N–H and O–H groups in total. The largest absolute Gasteiger partial charge is 0.455 e. The summed E-state index contributed by atoms with van der Waals surface area (Å²) in [5.41, 5.74) is 10.4. The molecule has 0 aliphatic rings. The van der Waals surface area contributed by atoms with Crippen LogP contribution in [0.1, 0.15) is 40.9 Å². The van der Waals surface area contributed by atoms with Gasteiger partial charge in [-0.2, -0.15) is 0 Å². The highest BCUT2D eigenvalue weighted by molar-refractivity contribution is 6.30. The number of hydrogen-bond donors (Lipinski definition) is 3. The lowest BCUT2D eigenvalue weighted by Crippen LogP contribution is -2.38. The van der Waals surface area contributed by atoms with Gasteiger partial charge in [-0.05, 0) is 72.5 Å². The van der Waals surface area contributed by atoms with Crippen molar-refractivity contribution in [2.24, 2.45) is 5.73 Å². The fourth-order valence-corrected chi connectivity index (χ4v) is 5.18. The minimum atomic E-state index is -0.438. The first-order valence-corrected chi connectivity index (χ1v) is 15.7. The molecule has 5 aromatic carbocycles. The molecule has 48 heavy (non-hydrogen) atoms. The summed E-state index contributed by atoms with van der Waals surface area (Å²) in [6.07, 6.45) is 0.420. The number of hydrogen-bond acceptors (Lipinski definition) is 4. The standard InChI is InChI=1S/C38H36ClFN4O3.ClH/c1-26(41)30-12-7-13-33(23-30)47-36-24-32(39)19-20-35(36)44(22-8-21-42-38(46)43-25-31-11-5-6-14-34(31)40)37(45)29-17-15-28(16-18-29)27-9-3-2-4-10-27;/h2-7,9-20,23-24,26H,8,21-22,25,41H2,1H3,(H2,42,43,46);1H/t26-;/m0./s1. The molecule has 10 heteroatoms. The van der Waals surface area contributed by atoms with E-state index in [1.807, 2.05) is 73.7 Å². The summed E-state index contributed by atoms with van der Waals surface area (Å²) in [6, 6.07) is 35.6. The van der Waals surface area contributed by atoms with Crippen molar-refractivity contribution in [2.75, 3.05) is 18.0 Å². The van der Waals surface area contributed by atoms with Gasteiger partial charge >= 0.3 is 6.03 Å². The van der Waals surface area contributed by atoms with Crippen LogP contribution in [0.15, 0.2) is 121 Å². The maximum atomic E-state index is 14.1. The van der Waals surface area contributed by atoms with Crippen LogP contribution in [0.2, 0.25) is 5.02 Å². The van der Waals surface area contributed by atoms with Gasteiger partial charge in [0.15, 0.2) is 5.75 Å². The minimum Gasteiger partial charge on any atom is -0.455 e. The SMILES string of the molecule is C[C@H](N)c1cccc(Oc2cc(Cl)ccc2N(CCCNC(=O)NCc2ccccc2F)C(=O)c2ccc(-c3ccccc3)cc2)c1.Cl. The third-order valence-corrected chi connectivity index (χ3v) is 7.78. The number of anilines is 1. The van der Waals surface area contributed by atoms with Crippen LogP contribution >= 0.6 is 24.0 Å². The Balaban J connectivity index is 0.00000520. The van der Waals surface area contributed by atoms with E-state index >= 15 is 0 Å². The molecule has 5 aromatic rings. The number of carbonyl (C=O) groups excluding carboxylic acids is 2. The van der Waals surface area contributed by atoms with E-state index in [0.717, 1.165) is 16.7 Å². The van der Waals surface area contributed by atoms with Gasteiger partial charge in [-0.1, -0.05) is 84.4 Å². The Morgan fingerprint density at radius 2 is 1.56 bits per heavy atom. The van der Waals surface area contributed by atoms with Crippen LogP contribution in [0.5, 0.6) is 11.5 Å². The fraction of sp³-hybridized carbons (Fsp3) is 0.158. The Kier molecular flexibility index (Phi) is 13.0. The molecule has 0 aliphatic carbocycles. The number of ether oxygens (including phenoxy) is 1. The second-order valence-electron chi connectivity index (χ2n) is 11.0. The van der Waals surface area contributed by atoms with E-state index in [2.05, 4.69) is 10.6 Å². The predicted octanol–water partition coefficient (Wildman–Crippen LogP) is 8.92. The lowest BCUT2D eigenvalue weighted by Gasteiger charge is -2.26. The molecule has 1 atom stereocenters. The van der Waals surface area contributed by atoms with E-state index in [4.69, 9.17) is 22.1 Å². The summed E-state index contributed by atoms with van der Waals surface area (Å²) in [5, 5.41) is 5.90. The van der Waals surface area contributed by atoms with Crippen molar-refractivity contribution < 1.29 is 18.7 Å². The number of nitrogens with zero attached hydrogens (tertiary/aromatic N) is 1. The summed E-state index contributed by atoms with van der Waals surface area (Å²) >= 11 is 6.41. The Morgan fingerprint density at radius 1 is 0.854 bits per heavy atom. The first-order chi connectivity index (χ1) is 22.8. The molecular formula is C38H37Cl2FN4O3. The van der Waals surface area contributed by atoms with Crippen molar-refractivity contribution in [3.8, 4) is 22.6 Å². The third-order valence-electron chi connectivity index (χ3n) is 7.55. The fourth-order valence-electron chi connectivity index (χ4n) is 5.02. The average Bonchev–Trinajstić information content (AvgIpc) is 3.09. The van der Waals surface area contributed by atoms with E-state index in [1.54, 1.807) is 53.4 Å². The molecule has 0 fully saturated rings. The minimum absolute atomic E-state index is 0. The molecular weight excluding hydrogens is 650 g/mol. The number of halogens is 3. The van der Waals surface area contributed by atoms with Crippen molar-refractivity contribution in [1.82, 2.24) is 10.6 Å². The Hall–Kier alpha value is -4.89. The quantitative estimate of drug-likeness (QED) is 0.114. The summed E-state index contributed by atoms with van der Waals surface area (Å²) in [4.78, 5) is 28.2. The van der Waals surface area contributed by atoms with Crippen LogP contribution in [-0.4, -0.2) is 25.0 Å². The third kappa shape index (κ3) is 9.58. The number of benzene rings is 5. The second kappa shape index (κ2) is 17.3. The van der Waals surface area contributed by atoms with Crippen LogP contribution in [0, 0.1) is 5.82 Å². The number of amides is 3. The molecule has 3 amide bonds. The van der Waals surface area contributed by atoms with Gasteiger partial charge in [0.2, 0.25) is 0 Å². The highest BCUT2D eigenvalue weighted by Crippen LogP contribution is 2.36. The van der Waals surface area contributed by atoms with Crippen LogP contribution in [0.25, 0.3) is 11.1 Å². The molecule has 5 rings (SSSR count). The van der Waals surface area contributed by atoms with Gasteiger partial charge < -0.3 is 26.0 Å². The average molecular weight is 688 g/mol. The topological polar surface area (TPSA) is 96.7 Å². The monoisotopic (exact) mass is 686 g/mol. The summed E-state index contributed by atoms with van der Waals surface area (Å²) in [5.74, 6) is 0.314. The van der Waals surface area contributed by atoms with Crippen molar-refractivity contribution in [3.05, 3.63) is 149 Å². The van der Waals surface area contributed by atoms with E-state index in [0.29, 0.717) is 39.8 Å². The zero-order chi connectivity index (χ0) is 33.2. The van der Waals surface area contributed by atoms with Crippen LogP contribution in [0.4, 0.5) is 14.9 Å². The zero-order valence-electron chi connectivity index (χ0n) is 26.4. The molecule has 0 saturated carbocycles. The molecule has 0 aliphatic heterocycles. The highest BCUT2D eigenvalue weighted by atomic mass is 35.5. The second-order valence-corrected chi connectivity index (χ2v) is 11.5. The van der Waals surface area contributed by atoms with Gasteiger partial charge in [0, 0.05) is 47.9 Å². The number of carbonyl (C=O) groups is 2. The van der Waals surface area contributed by atoms with Gasteiger partial charge in [-0.15, -0.1) is 12.4 Å². The number of nitrogens with one attached hydrogen (secondary N) is 2. The smallest absolute Gasteiger partial charge is 0.315 e. The van der Waals surface area contributed by atoms with E-state index in [1.165, 1.54) is 6.07 Å². The molecule has 7 nitrogen and oxygen atoms in total. The lowest BCUT2D eigenvalue weighted by molar-refractivity contribution is 0.0986. The van der Waals surface area contributed by atoms with E-state index < -0.39 is 6.03 Å². The van der Waals surface area contributed by atoms with E-state index in [-0.39, 0.29) is 49.8 Å². The van der Waals surface area contributed by atoms with Gasteiger partial charge in [0.25, 0.3) is 5.91 Å². The number of rotatable bonds is 12. The first-order valence-electron chi connectivity index (χ1n) is 15.3. The van der Waals surface area contributed by atoms with Crippen molar-refractivity contribution in [1.29, 1.82) is 0 Å². The highest BCUT2D eigenvalue weighted by Gasteiger charge is 2.22. The zero-order valence-corrected chi connectivity index (χ0v) is 27.9. The van der Waals surface area contributed by atoms with Crippen LogP contribution in [-0.2, 0) is 6.54 Å². The lowest BCUT2D eigenvalue weighted by atomic mass is 10.0. The van der Waals surface area contributed by atoms with Crippen molar-refractivity contribution in [3.63, 3.8) is 0 Å². The summed E-state index contributed by atoms with van der Waals surface area (Å²) in [7, 11) is 0. The van der Waals surface area contributed by atoms with Gasteiger partial charge in [0.1, 0.15) is 11.6 Å². The molecule has 0 bridgehead atoms. The molecule has 0 radical (unpaired) electrons. The molecule has 0 aromatic heterocycles. The van der Waals surface area contributed by atoms with E-state index in [9.17, 15) is 14.0 Å². The summed E-state index contributed by atoms with van der Waals surface area (Å²) in [6.45, 7) is 2.46. The maximum absolute atomic E-state index is 14.1. The van der Waals surface area contributed by atoms with Gasteiger partial charge in [0.05, 0.1) is 5.69 Å². The molecule has 0 unspecified atom stereocenters. The van der Waals surface area contributed by atoms with Gasteiger partial charge in [-0.3, -0.25) is 4.79 Å². The van der Waals surface area contributed by atoms with Crippen LogP contribution in [0.3, 0.4) is 0 Å². The predicted molar refractivity (Wildman–Crippen MR) is 193 cm³/mol. The van der Waals surface area contributed by atoms with Crippen LogP contribution < -0.4 is 26.0 Å². The normalized spacial score (nSPS) is 11.2. The molecule has 248 valence electrons. The Morgan fingerprint density at radius 3 is 2.29 bits per heavy atom. The maximum Gasteiger partial charge on any atom is 0.315 e. The number of urea groups is 1. The van der Waals surface area contributed by atoms with Crippen molar-refractivity contribution >= 4 is 41.6 Å². The molecule has 0 saturated heterocycles. The molecule has 0 spiro atoms. The van der Waals surface area contributed by atoms with Crippen molar-refractivity contribution in [2.45, 2.75) is 25.9 Å². The number of nitrogens with two attached hydrogens (primary N) is 1. The molecule has 0 heterocycles.